The normalized spacial score (nSPS) is 35.6. The van der Waals surface area contributed by atoms with Crippen LogP contribution in [0, 0.1) is 17.3 Å². The molecule has 0 aromatic heterocycles. The zero-order valence-corrected chi connectivity index (χ0v) is 11.1. The Labute approximate surface area is 103 Å². The molecule has 2 atom stereocenters. The molecule has 0 amide bonds. The molecule has 0 aromatic rings. The van der Waals surface area contributed by atoms with Crippen molar-refractivity contribution >= 4 is 5.97 Å². The quantitative estimate of drug-likeness (QED) is 0.513. The van der Waals surface area contributed by atoms with E-state index in [2.05, 4.69) is 0 Å². The number of allylic oxidation sites excluding steroid dienone is 1. The summed E-state index contributed by atoms with van der Waals surface area (Å²) in [6.07, 6.45) is 8.51. The highest BCUT2D eigenvalue weighted by Gasteiger charge is 2.60. The Morgan fingerprint density at radius 3 is 2.65 bits per heavy atom. The molecule has 17 heavy (non-hydrogen) atoms. The molecule has 2 nitrogen and oxygen atoms in total. The minimum absolute atomic E-state index is 0.150. The van der Waals surface area contributed by atoms with Crippen LogP contribution in [-0.2, 0) is 9.53 Å². The summed E-state index contributed by atoms with van der Waals surface area (Å²) in [5, 5.41) is 0. The highest BCUT2D eigenvalue weighted by molar-refractivity contribution is 5.83. The van der Waals surface area contributed by atoms with Crippen LogP contribution in [0.15, 0.2) is 11.6 Å². The Morgan fingerprint density at radius 1 is 1.35 bits per heavy atom. The monoisotopic (exact) mass is 234 g/mol. The predicted molar refractivity (Wildman–Crippen MR) is 66.4 cm³/mol. The van der Waals surface area contributed by atoms with Crippen molar-refractivity contribution in [3.8, 4) is 0 Å². The molecule has 1 spiro atoms. The van der Waals surface area contributed by atoms with Crippen molar-refractivity contribution in [1.82, 2.24) is 0 Å². The molecule has 2 heteroatoms. The molecule has 3 fully saturated rings. The Balaban J connectivity index is 1.62. The van der Waals surface area contributed by atoms with Gasteiger partial charge in [-0.25, -0.2) is 4.79 Å². The van der Waals surface area contributed by atoms with Crippen LogP contribution in [0.2, 0.25) is 0 Å². The van der Waals surface area contributed by atoms with E-state index in [9.17, 15) is 4.79 Å². The van der Waals surface area contributed by atoms with Gasteiger partial charge in [0.05, 0.1) is 0 Å². The van der Waals surface area contributed by atoms with Gasteiger partial charge in [-0.3, -0.25) is 0 Å². The second-order valence-corrected chi connectivity index (χ2v) is 7.07. The van der Waals surface area contributed by atoms with Gasteiger partial charge in [0.2, 0.25) is 0 Å². The van der Waals surface area contributed by atoms with Crippen LogP contribution in [0.25, 0.3) is 0 Å². The van der Waals surface area contributed by atoms with E-state index in [-0.39, 0.29) is 11.6 Å². The number of hydrogen-bond donors (Lipinski definition) is 0. The molecule has 0 radical (unpaired) electrons. The van der Waals surface area contributed by atoms with Crippen molar-refractivity contribution in [3.63, 3.8) is 0 Å². The highest BCUT2D eigenvalue weighted by atomic mass is 16.6. The molecule has 0 N–H and O–H groups in total. The average molecular weight is 234 g/mol. The lowest BCUT2D eigenvalue weighted by molar-refractivity contribution is -0.148. The molecule has 3 rings (SSSR count). The van der Waals surface area contributed by atoms with Crippen molar-refractivity contribution in [2.45, 2.75) is 58.5 Å². The summed E-state index contributed by atoms with van der Waals surface area (Å²) >= 11 is 0. The van der Waals surface area contributed by atoms with E-state index < -0.39 is 0 Å². The maximum absolute atomic E-state index is 11.7. The molecule has 0 aliphatic heterocycles. The van der Waals surface area contributed by atoms with Gasteiger partial charge in [0, 0.05) is 6.08 Å². The van der Waals surface area contributed by atoms with Gasteiger partial charge in [0.1, 0.15) is 5.60 Å². The van der Waals surface area contributed by atoms with E-state index in [0.29, 0.717) is 5.92 Å². The Bertz CT molecular complexity index is 382. The van der Waals surface area contributed by atoms with E-state index in [0.717, 1.165) is 17.8 Å². The fraction of sp³-hybridized carbons (Fsp3) is 0.800. The summed E-state index contributed by atoms with van der Waals surface area (Å²) in [7, 11) is 0. The van der Waals surface area contributed by atoms with Crippen LogP contribution in [0.3, 0.4) is 0 Å². The van der Waals surface area contributed by atoms with E-state index in [4.69, 9.17) is 4.74 Å². The molecule has 3 aliphatic rings. The first-order valence-electron chi connectivity index (χ1n) is 6.83. The van der Waals surface area contributed by atoms with Crippen LogP contribution in [-0.4, -0.2) is 11.6 Å². The van der Waals surface area contributed by atoms with Crippen LogP contribution >= 0.6 is 0 Å². The van der Waals surface area contributed by atoms with E-state index >= 15 is 0 Å². The lowest BCUT2D eigenvalue weighted by Gasteiger charge is -2.38. The maximum atomic E-state index is 11.7. The van der Waals surface area contributed by atoms with Gasteiger partial charge in [-0.15, -0.1) is 0 Å². The Kier molecular flexibility index (Phi) is 2.24. The number of carbonyl (C=O) groups is 1. The summed E-state index contributed by atoms with van der Waals surface area (Å²) < 4.78 is 5.34. The minimum atomic E-state index is -0.370. The van der Waals surface area contributed by atoms with Crippen molar-refractivity contribution in [3.05, 3.63) is 11.6 Å². The van der Waals surface area contributed by atoms with Crippen molar-refractivity contribution < 1.29 is 9.53 Å². The summed E-state index contributed by atoms with van der Waals surface area (Å²) in [5.74, 6) is 1.46. The van der Waals surface area contributed by atoms with Crippen molar-refractivity contribution in [2.24, 2.45) is 17.3 Å². The van der Waals surface area contributed by atoms with Crippen LogP contribution in [0.5, 0.6) is 0 Å². The fourth-order valence-corrected chi connectivity index (χ4v) is 3.73. The number of rotatable bonds is 1. The third-order valence-corrected chi connectivity index (χ3v) is 4.76. The van der Waals surface area contributed by atoms with Crippen LogP contribution in [0.1, 0.15) is 52.9 Å². The summed E-state index contributed by atoms with van der Waals surface area (Å²) in [5.41, 5.74) is 1.70. The molecule has 3 saturated carbocycles. The summed E-state index contributed by atoms with van der Waals surface area (Å²) in [4.78, 5) is 11.7. The molecule has 0 unspecified atom stereocenters. The topological polar surface area (TPSA) is 26.3 Å². The zero-order chi connectivity index (χ0) is 12.3. The van der Waals surface area contributed by atoms with Gasteiger partial charge in [-0.1, -0.05) is 5.57 Å². The molecule has 0 saturated heterocycles. The fourth-order valence-electron chi connectivity index (χ4n) is 3.73. The molecule has 0 heterocycles. The van der Waals surface area contributed by atoms with Gasteiger partial charge in [0.15, 0.2) is 0 Å². The molecular weight excluding hydrogens is 212 g/mol. The van der Waals surface area contributed by atoms with Gasteiger partial charge in [-0.05, 0) is 70.1 Å². The van der Waals surface area contributed by atoms with Crippen LogP contribution < -0.4 is 0 Å². The van der Waals surface area contributed by atoms with Crippen molar-refractivity contribution in [2.75, 3.05) is 0 Å². The van der Waals surface area contributed by atoms with E-state index in [1.54, 1.807) is 6.08 Å². The SMILES string of the molecule is CC(C)(C)OC(=O)C=C1C[C@@H]2[C@H]1CCC21CC1. The minimum Gasteiger partial charge on any atom is -0.457 e. The predicted octanol–water partition coefficient (Wildman–Crippen LogP) is 3.46. The number of ether oxygens (including phenoxy) is 1. The standard InChI is InChI=1S/C15H22O2/c1-14(2,3)17-13(16)9-10-8-12-11(10)4-5-15(12)6-7-15/h9,11-12H,4-8H2,1-3H3/t11-,12+/m0/s1. The van der Waals surface area contributed by atoms with Gasteiger partial charge >= 0.3 is 5.97 Å². The van der Waals surface area contributed by atoms with E-state index in [1.165, 1.54) is 31.3 Å². The smallest absolute Gasteiger partial charge is 0.331 e. The zero-order valence-electron chi connectivity index (χ0n) is 11.1. The number of hydrogen-bond acceptors (Lipinski definition) is 2. The van der Waals surface area contributed by atoms with Gasteiger partial charge < -0.3 is 4.74 Å². The molecule has 94 valence electrons. The molecule has 3 aliphatic carbocycles. The number of esters is 1. The average Bonchev–Trinajstić information content (AvgIpc) is 2.83. The largest absolute Gasteiger partial charge is 0.457 e. The van der Waals surface area contributed by atoms with Crippen molar-refractivity contribution in [1.29, 1.82) is 0 Å². The second kappa shape index (κ2) is 3.37. The number of carbonyl (C=O) groups excluding carboxylic acids is 1. The maximum Gasteiger partial charge on any atom is 0.331 e. The third-order valence-electron chi connectivity index (χ3n) is 4.76. The lowest BCUT2D eigenvalue weighted by Crippen LogP contribution is -2.30. The lowest BCUT2D eigenvalue weighted by atomic mass is 9.67. The third kappa shape index (κ3) is 1.92. The molecular formula is C15H22O2. The van der Waals surface area contributed by atoms with Crippen LogP contribution in [0.4, 0.5) is 0 Å². The summed E-state index contributed by atoms with van der Waals surface area (Å²) in [6, 6.07) is 0. The highest BCUT2D eigenvalue weighted by Crippen LogP contribution is 2.70. The summed E-state index contributed by atoms with van der Waals surface area (Å²) in [6.45, 7) is 5.76. The first kappa shape index (κ1) is 11.3. The molecule has 0 aromatic carbocycles. The Hall–Kier alpha value is -0.790. The van der Waals surface area contributed by atoms with Gasteiger partial charge in [0.25, 0.3) is 0 Å². The number of fused-ring (bicyclic) bond motifs is 2. The Morgan fingerprint density at radius 2 is 2.06 bits per heavy atom. The first-order chi connectivity index (χ1) is 7.90. The van der Waals surface area contributed by atoms with Gasteiger partial charge in [-0.2, -0.15) is 0 Å². The first-order valence-corrected chi connectivity index (χ1v) is 6.83. The van der Waals surface area contributed by atoms with E-state index in [1.807, 2.05) is 20.8 Å². The molecule has 0 bridgehead atoms. The second-order valence-electron chi connectivity index (χ2n) is 7.07.